The molecule has 94 valence electrons. The standard InChI is InChI=1S/C12H16FNO3/c1-5-8-14(12(2,3)4)10(15)11(16)17-9-6-7-13/h5H,1,8-9H2,2-4H3. The summed E-state index contributed by atoms with van der Waals surface area (Å²) in [5.74, 6) is 0.0482. The van der Waals surface area contributed by atoms with Crippen molar-refractivity contribution in [1.82, 2.24) is 4.90 Å². The highest BCUT2D eigenvalue weighted by atomic mass is 19.1. The van der Waals surface area contributed by atoms with E-state index in [9.17, 15) is 14.0 Å². The van der Waals surface area contributed by atoms with Crippen molar-refractivity contribution in [3.63, 3.8) is 0 Å². The molecule has 1 amide bonds. The molecule has 0 aromatic rings. The minimum Gasteiger partial charge on any atom is -0.445 e. The van der Waals surface area contributed by atoms with Crippen LogP contribution in [0.15, 0.2) is 12.7 Å². The third-order valence-electron chi connectivity index (χ3n) is 1.88. The molecule has 0 rings (SSSR count). The van der Waals surface area contributed by atoms with E-state index in [1.54, 1.807) is 20.8 Å². The van der Waals surface area contributed by atoms with Gasteiger partial charge in [0.25, 0.3) is 0 Å². The number of carbonyl (C=O) groups is 2. The molecule has 0 fully saturated rings. The van der Waals surface area contributed by atoms with Gasteiger partial charge in [-0.2, -0.15) is 0 Å². The van der Waals surface area contributed by atoms with Gasteiger partial charge in [0.05, 0.1) is 0 Å². The molecule has 0 N–H and O–H groups in total. The molecule has 17 heavy (non-hydrogen) atoms. The zero-order valence-corrected chi connectivity index (χ0v) is 10.2. The normalized spacial score (nSPS) is 9.88. The van der Waals surface area contributed by atoms with E-state index in [0.29, 0.717) is 0 Å². The van der Waals surface area contributed by atoms with E-state index in [1.807, 2.05) is 5.92 Å². The van der Waals surface area contributed by atoms with E-state index in [1.165, 1.54) is 11.0 Å². The van der Waals surface area contributed by atoms with Crippen molar-refractivity contribution in [1.29, 1.82) is 0 Å². The van der Waals surface area contributed by atoms with Crippen molar-refractivity contribution in [2.24, 2.45) is 0 Å². The number of ether oxygens (including phenoxy) is 1. The molecule has 0 unspecified atom stereocenters. The van der Waals surface area contributed by atoms with Crippen LogP contribution in [0.25, 0.3) is 0 Å². The van der Waals surface area contributed by atoms with Crippen LogP contribution >= 0.6 is 0 Å². The van der Waals surface area contributed by atoms with Crippen molar-refractivity contribution >= 4 is 11.9 Å². The Morgan fingerprint density at radius 2 is 2.06 bits per heavy atom. The molecular weight excluding hydrogens is 225 g/mol. The van der Waals surface area contributed by atoms with E-state index >= 15 is 0 Å². The minimum absolute atomic E-state index is 0.228. The molecule has 0 spiro atoms. The molecule has 0 radical (unpaired) electrons. The van der Waals surface area contributed by atoms with Crippen LogP contribution in [0, 0.1) is 12.1 Å². The first kappa shape index (κ1) is 15.2. The lowest BCUT2D eigenvalue weighted by molar-refractivity contribution is -0.161. The maximum Gasteiger partial charge on any atom is 0.398 e. The van der Waals surface area contributed by atoms with E-state index in [0.717, 1.165) is 6.17 Å². The molecular formula is C12H16FNO3. The number of carbonyl (C=O) groups excluding carboxylic acids is 2. The fourth-order valence-electron chi connectivity index (χ4n) is 1.09. The molecule has 0 aliphatic rings. The molecule has 4 nitrogen and oxygen atoms in total. The quantitative estimate of drug-likeness (QED) is 0.323. The lowest BCUT2D eigenvalue weighted by Crippen LogP contribution is -2.49. The van der Waals surface area contributed by atoms with Crippen LogP contribution < -0.4 is 0 Å². The fraction of sp³-hybridized carbons (Fsp3) is 0.500. The summed E-state index contributed by atoms with van der Waals surface area (Å²) < 4.78 is 15.9. The van der Waals surface area contributed by atoms with Gasteiger partial charge in [-0.05, 0) is 26.7 Å². The zero-order chi connectivity index (χ0) is 13.5. The Morgan fingerprint density at radius 1 is 1.47 bits per heavy atom. The summed E-state index contributed by atoms with van der Waals surface area (Å²) >= 11 is 0. The minimum atomic E-state index is -1.05. The molecule has 0 aromatic carbocycles. The highest BCUT2D eigenvalue weighted by Crippen LogP contribution is 2.13. The van der Waals surface area contributed by atoms with E-state index in [-0.39, 0.29) is 6.54 Å². The zero-order valence-electron chi connectivity index (χ0n) is 10.2. The predicted molar refractivity (Wildman–Crippen MR) is 61.5 cm³/mol. The molecule has 0 saturated heterocycles. The summed E-state index contributed by atoms with van der Waals surface area (Å²) in [6, 6.07) is 0. The van der Waals surface area contributed by atoms with Gasteiger partial charge in [0.15, 0.2) is 6.61 Å². The largest absolute Gasteiger partial charge is 0.445 e. The molecule has 0 aliphatic carbocycles. The number of hydrogen-bond acceptors (Lipinski definition) is 3. The van der Waals surface area contributed by atoms with Crippen molar-refractivity contribution in [2.75, 3.05) is 13.2 Å². The second-order valence-electron chi connectivity index (χ2n) is 4.22. The first-order valence-corrected chi connectivity index (χ1v) is 5.02. The van der Waals surface area contributed by atoms with Crippen molar-refractivity contribution in [3.05, 3.63) is 12.7 Å². The lowest BCUT2D eigenvalue weighted by atomic mass is 10.1. The van der Waals surface area contributed by atoms with Gasteiger partial charge in [0.2, 0.25) is 0 Å². The molecule has 0 aromatic heterocycles. The van der Waals surface area contributed by atoms with Crippen LogP contribution in [0.4, 0.5) is 4.39 Å². The van der Waals surface area contributed by atoms with Crippen LogP contribution in [-0.2, 0) is 14.3 Å². The smallest absolute Gasteiger partial charge is 0.398 e. The van der Waals surface area contributed by atoms with Crippen molar-refractivity contribution in [2.45, 2.75) is 26.3 Å². The molecule has 0 heterocycles. The summed E-state index contributed by atoms with van der Waals surface area (Å²) in [4.78, 5) is 24.4. The summed E-state index contributed by atoms with van der Waals surface area (Å²) in [5, 5.41) is 0. The SMILES string of the molecule is C=CCN(C(=O)C(=O)OCC#CF)C(C)(C)C. The maximum absolute atomic E-state index is 11.7. The third-order valence-corrected chi connectivity index (χ3v) is 1.88. The number of nitrogens with zero attached hydrogens (tertiary/aromatic N) is 1. The first-order chi connectivity index (χ1) is 7.84. The molecule has 5 heteroatoms. The van der Waals surface area contributed by atoms with Gasteiger partial charge < -0.3 is 9.64 Å². The van der Waals surface area contributed by atoms with Crippen LogP contribution in [0.5, 0.6) is 0 Å². The topological polar surface area (TPSA) is 46.6 Å². The third kappa shape index (κ3) is 5.16. The molecule has 0 bridgehead atoms. The van der Waals surface area contributed by atoms with Crippen LogP contribution in [-0.4, -0.2) is 35.5 Å². The van der Waals surface area contributed by atoms with Gasteiger partial charge in [-0.1, -0.05) is 6.08 Å². The van der Waals surface area contributed by atoms with E-state index in [4.69, 9.17) is 0 Å². The Balaban J connectivity index is 4.65. The Labute approximate surface area is 100 Å². The maximum atomic E-state index is 11.7. The Hall–Kier alpha value is -1.83. The molecule has 0 saturated carbocycles. The average Bonchev–Trinajstić information content (AvgIpc) is 2.23. The van der Waals surface area contributed by atoms with Crippen molar-refractivity contribution < 1.29 is 18.7 Å². The first-order valence-electron chi connectivity index (χ1n) is 5.02. The average molecular weight is 241 g/mol. The number of halogens is 1. The van der Waals surface area contributed by atoms with Crippen LogP contribution in [0.1, 0.15) is 20.8 Å². The second kappa shape index (κ2) is 6.69. The van der Waals surface area contributed by atoms with Crippen LogP contribution in [0.2, 0.25) is 0 Å². The Morgan fingerprint density at radius 3 is 2.47 bits per heavy atom. The number of hydrogen-bond donors (Lipinski definition) is 0. The monoisotopic (exact) mass is 241 g/mol. The number of rotatable bonds is 3. The van der Waals surface area contributed by atoms with Crippen LogP contribution in [0.3, 0.4) is 0 Å². The van der Waals surface area contributed by atoms with Gasteiger partial charge >= 0.3 is 11.9 Å². The summed E-state index contributed by atoms with van der Waals surface area (Å²) in [6.07, 6.45) is 2.59. The van der Waals surface area contributed by atoms with Gasteiger partial charge in [-0.15, -0.1) is 11.0 Å². The Bertz CT molecular complexity index is 360. The van der Waals surface area contributed by atoms with Crippen molar-refractivity contribution in [3.8, 4) is 12.1 Å². The second-order valence-corrected chi connectivity index (χ2v) is 4.22. The lowest BCUT2D eigenvalue weighted by Gasteiger charge is -2.33. The number of amides is 1. The highest BCUT2D eigenvalue weighted by molar-refractivity contribution is 6.32. The fourth-order valence-corrected chi connectivity index (χ4v) is 1.09. The summed E-state index contributed by atoms with van der Waals surface area (Å²) in [6.45, 7) is 8.65. The Kier molecular flexibility index (Phi) is 5.97. The molecule has 0 aliphatic heterocycles. The van der Waals surface area contributed by atoms with E-state index < -0.39 is 24.0 Å². The predicted octanol–water partition coefficient (Wildman–Crippen LogP) is 1.27. The number of esters is 1. The van der Waals surface area contributed by atoms with Gasteiger partial charge in [-0.25, -0.2) is 4.79 Å². The van der Waals surface area contributed by atoms with Gasteiger partial charge in [-0.3, -0.25) is 4.79 Å². The molecule has 0 atom stereocenters. The van der Waals surface area contributed by atoms with Gasteiger partial charge in [0, 0.05) is 12.1 Å². The highest BCUT2D eigenvalue weighted by Gasteiger charge is 2.30. The van der Waals surface area contributed by atoms with Gasteiger partial charge in [0.1, 0.15) is 6.17 Å². The van der Waals surface area contributed by atoms with E-state index in [2.05, 4.69) is 11.3 Å². The summed E-state index contributed by atoms with van der Waals surface area (Å²) in [5.41, 5.74) is -0.532. The summed E-state index contributed by atoms with van der Waals surface area (Å²) in [7, 11) is 0.